The van der Waals surface area contributed by atoms with Crippen molar-refractivity contribution < 1.29 is 22.3 Å². The molecule has 0 saturated heterocycles. The van der Waals surface area contributed by atoms with E-state index in [4.69, 9.17) is 9.88 Å². The third kappa shape index (κ3) is 5.14. The lowest BCUT2D eigenvalue weighted by Gasteiger charge is -2.20. The molecular weight excluding hydrogens is 287 g/mol. The van der Waals surface area contributed by atoms with E-state index in [1.54, 1.807) is 20.8 Å². The standard InChI is InChI=1S/C12H17FN2O4S/c1-12(2,3)15-11(16)7-19-10-5-4-8(6-9(10)13)20(14,17)18/h4-6H,7H2,1-3H3,(H,15,16)(H2,14,17,18). The summed E-state index contributed by atoms with van der Waals surface area (Å²) in [6, 6.07) is 2.96. The number of nitrogens with two attached hydrogens (primary N) is 1. The highest BCUT2D eigenvalue weighted by Crippen LogP contribution is 2.20. The highest BCUT2D eigenvalue weighted by molar-refractivity contribution is 7.89. The molecule has 0 fully saturated rings. The minimum Gasteiger partial charge on any atom is -0.481 e. The third-order valence-electron chi connectivity index (χ3n) is 2.11. The zero-order valence-electron chi connectivity index (χ0n) is 11.4. The molecule has 0 atom stereocenters. The average Bonchev–Trinajstić information content (AvgIpc) is 2.23. The number of halogens is 1. The molecule has 20 heavy (non-hydrogen) atoms. The number of carbonyl (C=O) groups is 1. The highest BCUT2D eigenvalue weighted by atomic mass is 32.2. The van der Waals surface area contributed by atoms with E-state index in [0.29, 0.717) is 0 Å². The van der Waals surface area contributed by atoms with Crippen LogP contribution in [0.5, 0.6) is 5.75 Å². The minimum atomic E-state index is -3.97. The number of primary sulfonamides is 1. The summed E-state index contributed by atoms with van der Waals surface area (Å²) >= 11 is 0. The first kappa shape index (κ1) is 16.4. The van der Waals surface area contributed by atoms with Gasteiger partial charge in [0.25, 0.3) is 5.91 Å². The second kappa shape index (κ2) is 5.76. The predicted molar refractivity (Wildman–Crippen MR) is 71.2 cm³/mol. The molecule has 0 spiro atoms. The van der Waals surface area contributed by atoms with Gasteiger partial charge in [0.15, 0.2) is 18.2 Å². The van der Waals surface area contributed by atoms with E-state index in [1.807, 2.05) is 0 Å². The molecule has 8 heteroatoms. The van der Waals surface area contributed by atoms with Crippen LogP contribution in [0.15, 0.2) is 23.1 Å². The first-order chi connectivity index (χ1) is 8.99. The van der Waals surface area contributed by atoms with Gasteiger partial charge in [0, 0.05) is 5.54 Å². The number of hydrogen-bond acceptors (Lipinski definition) is 4. The molecular formula is C12H17FN2O4S. The monoisotopic (exact) mass is 304 g/mol. The molecule has 1 aromatic carbocycles. The SMILES string of the molecule is CC(C)(C)NC(=O)COc1ccc(S(N)(=O)=O)cc1F. The average molecular weight is 304 g/mol. The summed E-state index contributed by atoms with van der Waals surface area (Å²) in [6.07, 6.45) is 0. The first-order valence-electron chi connectivity index (χ1n) is 5.75. The molecule has 0 aliphatic heterocycles. The molecule has 0 radical (unpaired) electrons. The maximum Gasteiger partial charge on any atom is 0.258 e. The summed E-state index contributed by atoms with van der Waals surface area (Å²) in [4.78, 5) is 11.1. The van der Waals surface area contributed by atoms with Crippen LogP contribution in [0.1, 0.15) is 20.8 Å². The predicted octanol–water partition coefficient (Wildman–Crippen LogP) is 0.767. The van der Waals surface area contributed by atoms with Gasteiger partial charge in [-0.1, -0.05) is 0 Å². The molecule has 1 amide bonds. The fourth-order valence-corrected chi connectivity index (χ4v) is 1.90. The van der Waals surface area contributed by atoms with Crippen LogP contribution < -0.4 is 15.2 Å². The lowest BCUT2D eigenvalue weighted by Crippen LogP contribution is -2.43. The molecule has 3 N–H and O–H groups in total. The lowest BCUT2D eigenvalue weighted by molar-refractivity contribution is -0.124. The topological polar surface area (TPSA) is 98.5 Å². The Kier molecular flexibility index (Phi) is 4.72. The summed E-state index contributed by atoms with van der Waals surface area (Å²) in [5.41, 5.74) is -0.420. The lowest BCUT2D eigenvalue weighted by atomic mass is 10.1. The molecule has 0 heterocycles. The Hall–Kier alpha value is -1.67. The molecule has 0 aromatic heterocycles. The van der Waals surface area contributed by atoms with Crippen molar-refractivity contribution in [2.45, 2.75) is 31.2 Å². The van der Waals surface area contributed by atoms with E-state index >= 15 is 0 Å². The molecule has 1 rings (SSSR count). The number of ether oxygens (including phenoxy) is 1. The van der Waals surface area contributed by atoms with Crippen LogP contribution in [-0.2, 0) is 14.8 Å². The zero-order chi connectivity index (χ0) is 15.6. The normalized spacial score (nSPS) is 12.1. The fraction of sp³-hybridized carbons (Fsp3) is 0.417. The van der Waals surface area contributed by atoms with Crippen LogP contribution in [-0.4, -0.2) is 26.5 Å². The molecule has 0 unspecified atom stereocenters. The number of benzene rings is 1. The Morgan fingerprint density at radius 1 is 1.40 bits per heavy atom. The zero-order valence-corrected chi connectivity index (χ0v) is 12.3. The van der Waals surface area contributed by atoms with Crippen LogP contribution in [0.2, 0.25) is 0 Å². The van der Waals surface area contributed by atoms with E-state index in [1.165, 1.54) is 0 Å². The van der Waals surface area contributed by atoms with Crippen LogP contribution in [0, 0.1) is 5.82 Å². The number of carbonyl (C=O) groups excluding carboxylic acids is 1. The van der Waals surface area contributed by atoms with Crippen molar-refractivity contribution in [1.82, 2.24) is 5.32 Å². The van der Waals surface area contributed by atoms with Gasteiger partial charge in [-0.2, -0.15) is 0 Å². The van der Waals surface area contributed by atoms with Gasteiger partial charge in [-0.05, 0) is 39.0 Å². The summed E-state index contributed by atoms with van der Waals surface area (Å²) in [6.45, 7) is 5.02. The van der Waals surface area contributed by atoms with Crippen LogP contribution in [0.4, 0.5) is 4.39 Å². The first-order valence-corrected chi connectivity index (χ1v) is 7.30. The van der Waals surface area contributed by atoms with Gasteiger partial charge >= 0.3 is 0 Å². The van der Waals surface area contributed by atoms with E-state index in [-0.39, 0.29) is 17.3 Å². The van der Waals surface area contributed by atoms with Crippen LogP contribution in [0.3, 0.4) is 0 Å². The quantitative estimate of drug-likeness (QED) is 0.858. The Labute approximate surface area is 117 Å². The number of nitrogens with one attached hydrogen (secondary N) is 1. The summed E-state index contributed by atoms with van der Waals surface area (Å²) in [5.74, 6) is -1.53. The van der Waals surface area contributed by atoms with Crippen molar-refractivity contribution >= 4 is 15.9 Å². The fourth-order valence-electron chi connectivity index (χ4n) is 1.37. The molecule has 0 aliphatic rings. The second-order valence-corrected chi connectivity index (χ2v) is 6.79. The van der Waals surface area contributed by atoms with Gasteiger partial charge in [0.2, 0.25) is 10.0 Å². The largest absolute Gasteiger partial charge is 0.481 e. The smallest absolute Gasteiger partial charge is 0.258 e. The third-order valence-corrected chi connectivity index (χ3v) is 3.02. The van der Waals surface area contributed by atoms with Gasteiger partial charge in [-0.25, -0.2) is 17.9 Å². The van der Waals surface area contributed by atoms with Crippen molar-refractivity contribution in [2.24, 2.45) is 5.14 Å². The van der Waals surface area contributed by atoms with E-state index < -0.39 is 27.3 Å². The van der Waals surface area contributed by atoms with Gasteiger partial charge in [-0.3, -0.25) is 4.79 Å². The molecule has 0 aliphatic carbocycles. The van der Waals surface area contributed by atoms with Gasteiger partial charge in [0.05, 0.1) is 4.90 Å². The Bertz CT molecular complexity index is 608. The van der Waals surface area contributed by atoms with Gasteiger partial charge in [-0.15, -0.1) is 0 Å². The second-order valence-electron chi connectivity index (χ2n) is 5.22. The number of amides is 1. The van der Waals surface area contributed by atoms with E-state index in [0.717, 1.165) is 18.2 Å². The molecule has 0 saturated carbocycles. The molecule has 0 bridgehead atoms. The molecule has 1 aromatic rings. The maximum atomic E-state index is 13.6. The van der Waals surface area contributed by atoms with E-state index in [2.05, 4.69) is 5.32 Å². The number of hydrogen-bond donors (Lipinski definition) is 2. The maximum absolute atomic E-state index is 13.6. The Balaban J connectivity index is 2.73. The van der Waals surface area contributed by atoms with Gasteiger partial charge in [0.1, 0.15) is 0 Å². The van der Waals surface area contributed by atoms with Crippen molar-refractivity contribution in [2.75, 3.05) is 6.61 Å². The highest BCUT2D eigenvalue weighted by Gasteiger charge is 2.16. The van der Waals surface area contributed by atoms with E-state index in [9.17, 15) is 17.6 Å². The molecule has 112 valence electrons. The van der Waals surface area contributed by atoms with Crippen LogP contribution in [0.25, 0.3) is 0 Å². The summed E-state index contributed by atoms with van der Waals surface area (Å²) < 4.78 is 40.6. The molecule has 6 nitrogen and oxygen atoms in total. The Morgan fingerprint density at radius 3 is 2.45 bits per heavy atom. The van der Waals surface area contributed by atoms with Crippen molar-refractivity contribution in [3.8, 4) is 5.75 Å². The Morgan fingerprint density at radius 2 is 2.00 bits per heavy atom. The summed E-state index contributed by atoms with van der Waals surface area (Å²) in [5, 5.41) is 7.51. The van der Waals surface area contributed by atoms with Crippen molar-refractivity contribution in [3.63, 3.8) is 0 Å². The number of sulfonamides is 1. The van der Waals surface area contributed by atoms with Crippen molar-refractivity contribution in [3.05, 3.63) is 24.0 Å². The van der Waals surface area contributed by atoms with Crippen molar-refractivity contribution in [1.29, 1.82) is 0 Å². The van der Waals surface area contributed by atoms with Crippen LogP contribution >= 0.6 is 0 Å². The van der Waals surface area contributed by atoms with Gasteiger partial charge < -0.3 is 10.1 Å². The summed E-state index contributed by atoms with van der Waals surface area (Å²) in [7, 11) is -3.97. The minimum absolute atomic E-state index is 0.221. The number of rotatable bonds is 4.